The molecule has 3 rings (SSSR count). The number of hydrogen-bond donors (Lipinski definition) is 2. The van der Waals surface area contributed by atoms with E-state index in [1.54, 1.807) is 18.2 Å². The molecule has 1 aromatic rings. The molecule has 0 unspecified atom stereocenters. The summed E-state index contributed by atoms with van der Waals surface area (Å²) >= 11 is 12.0. The highest BCUT2D eigenvalue weighted by molar-refractivity contribution is 6.44. The monoisotopic (exact) mass is 325 g/mol. The number of anilines is 1. The molecule has 1 saturated carbocycles. The Labute approximate surface area is 131 Å². The van der Waals surface area contributed by atoms with E-state index in [0.717, 1.165) is 6.42 Å². The first kappa shape index (κ1) is 14.4. The van der Waals surface area contributed by atoms with Gasteiger partial charge in [-0.25, -0.2) is 0 Å². The van der Waals surface area contributed by atoms with Gasteiger partial charge in [0.2, 0.25) is 5.91 Å². The highest BCUT2D eigenvalue weighted by Gasteiger charge is 2.51. The van der Waals surface area contributed by atoms with Crippen LogP contribution in [0.4, 0.5) is 5.69 Å². The molecule has 4 atom stereocenters. The Hall–Kier alpha value is -1.52. The molecule has 1 aromatic carbocycles. The first-order valence-corrected chi connectivity index (χ1v) is 7.40. The molecular formula is C15H13Cl2NO3. The van der Waals surface area contributed by atoms with Gasteiger partial charge in [-0.1, -0.05) is 41.4 Å². The van der Waals surface area contributed by atoms with E-state index < -0.39 is 17.8 Å². The fourth-order valence-electron chi connectivity index (χ4n) is 3.33. The minimum atomic E-state index is -0.927. The van der Waals surface area contributed by atoms with Crippen molar-refractivity contribution in [2.75, 3.05) is 5.32 Å². The summed E-state index contributed by atoms with van der Waals surface area (Å²) in [7, 11) is 0. The van der Waals surface area contributed by atoms with Crippen LogP contribution in [-0.4, -0.2) is 17.0 Å². The number of nitrogens with one attached hydrogen (secondary N) is 1. The Bertz CT molecular complexity index is 644. The maximum Gasteiger partial charge on any atom is 0.307 e. The third-order valence-electron chi connectivity index (χ3n) is 4.26. The van der Waals surface area contributed by atoms with Crippen molar-refractivity contribution in [2.24, 2.45) is 23.7 Å². The van der Waals surface area contributed by atoms with Gasteiger partial charge in [-0.05, 0) is 30.4 Å². The number of hydrogen-bond acceptors (Lipinski definition) is 2. The molecular weight excluding hydrogens is 313 g/mol. The van der Waals surface area contributed by atoms with Gasteiger partial charge in [0, 0.05) is 0 Å². The number of rotatable bonds is 3. The smallest absolute Gasteiger partial charge is 0.307 e. The maximum atomic E-state index is 12.5. The summed E-state index contributed by atoms with van der Waals surface area (Å²) in [6.45, 7) is 0. The van der Waals surface area contributed by atoms with Crippen LogP contribution in [0.5, 0.6) is 0 Å². The largest absolute Gasteiger partial charge is 0.481 e. The zero-order chi connectivity index (χ0) is 15.1. The maximum absolute atomic E-state index is 12.5. The number of amides is 1. The van der Waals surface area contributed by atoms with E-state index in [1.807, 2.05) is 12.2 Å². The molecule has 1 amide bonds. The first-order chi connectivity index (χ1) is 9.99. The van der Waals surface area contributed by atoms with Crippen molar-refractivity contribution in [3.8, 4) is 0 Å². The molecule has 0 spiro atoms. The lowest BCUT2D eigenvalue weighted by molar-refractivity contribution is -0.146. The average Bonchev–Trinajstić information content (AvgIpc) is 3.04. The van der Waals surface area contributed by atoms with Crippen molar-refractivity contribution >= 4 is 40.8 Å². The number of allylic oxidation sites excluding steroid dienone is 2. The van der Waals surface area contributed by atoms with E-state index in [4.69, 9.17) is 23.2 Å². The van der Waals surface area contributed by atoms with Crippen LogP contribution in [0.3, 0.4) is 0 Å². The molecule has 0 aromatic heterocycles. The number of aliphatic carboxylic acids is 1. The number of benzene rings is 1. The van der Waals surface area contributed by atoms with E-state index in [0.29, 0.717) is 10.7 Å². The summed E-state index contributed by atoms with van der Waals surface area (Å²) in [5, 5.41) is 12.7. The van der Waals surface area contributed by atoms with Crippen molar-refractivity contribution in [3.63, 3.8) is 0 Å². The second kappa shape index (κ2) is 5.35. The molecule has 0 heterocycles. The normalized spacial score (nSPS) is 29.6. The third kappa shape index (κ3) is 2.43. The molecule has 1 fully saturated rings. The zero-order valence-electron chi connectivity index (χ0n) is 10.9. The summed E-state index contributed by atoms with van der Waals surface area (Å²) in [6.07, 6.45) is 4.56. The quantitative estimate of drug-likeness (QED) is 0.836. The standard InChI is InChI=1S/C15H13Cl2NO3/c16-9-2-1-3-10(13(9)17)18-14(19)11-7-4-5-8(6-7)12(11)15(20)21/h1-5,7-8,11-12H,6H2,(H,18,19)(H,20,21)/t7-,8-,11-,12-/m0/s1. The molecule has 4 nitrogen and oxygen atoms in total. The molecule has 21 heavy (non-hydrogen) atoms. The average molecular weight is 326 g/mol. The summed E-state index contributed by atoms with van der Waals surface area (Å²) in [4.78, 5) is 23.9. The Morgan fingerprint density at radius 2 is 1.81 bits per heavy atom. The van der Waals surface area contributed by atoms with Gasteiger partial charge in [-0.15, -0.1) is 0 Å². The van der Waals surface area contributed by atoms with E-state index >= 15 is 0 Å². The van der Waals surface area contributed by atoms with Crippen molar-refractivity contribution in [1.29, 1.82) is 0 Å². The van der Waals surface area contributed by atoms with Gasteiger partial charge in [-0.2, -0.15) is 0 Å². The van der Waals surface area contributed by atoms with Crippen molar-refractivity contribution in [3.05, 3.63) is 40.4 Å². The Balaban J connectivity index is 1.84. The summed E-state index contributed by atoms with van der Waals surface area (Å²) in [5.74, 6) is -2.55. The predicted octanol–water partition coefficient (Wildman–Crippen LogP) is 3.45. The molecule has 110 valence electrons. The summed E-state index contributed by atoms with van der Waals surface area (Å²) in [6, 6.07) is 4.95. The second-order valence-corrected chi connectivity index (χ2v) is 6.21. The molecule has 2 N–H and O–H groups in total. The van der Waals surface area contributed by atoms with Crippen LogP contribution in [0.25, 0.3) is 0 Å². The molecule has 2 aliphatic rings. The summed E-state index contributed by atoms with van der Waals surface area (Å²) in [5.41, 5.74) is 0.407. The number of halogens is 2. The number of carbonyl (C=O) groups is 2. The van der Waals surface area contributed by atoms with Gasteiger partial charge in [0.05, 0.1) is 27.6 Å². The van der Waals surface area contributed by atoms with Crippen LogP contribution in [-0.2, 0) is 9.59 Å². The van der Waals surface area contributed by atoms with Gasteiger partial charge in [0.1, 0.15) is 0 Å². The van der Waals surface area contributed by atoms with Gasteiger partial charge in [-0.3, -0.25) is 9.59 Å². The Morgan fingerprint density at radius 3 is 2.48 bits per heavy atom. The van der Waals surface area contributed by atoms with Crippen molar-refractivity contribution in [2.45, 2.75) is 6.42 Å². The highest BCUT2D eigenvalue weighted by Crippen LogP contribution is 2.48. The minimum absolute atomic E-state index is 0.0194. The lowest BCUT2D eigenvalue weighted by Crippen LogP contribution is -2.36. The SMILES string of the molecule is O=C(O)[C@@H]1[C@@H](C(=O)Nc2cccc(Cl)c2Cl)[C@H]2C=C[C@H]1C2. The van der Waals surface area contributed by atoms with E-state index in [2.05, 4.69) is 5.32 Å². The van der Waals surface area contributed by atoms with Gasteiger partial charge >= 0.3 is 5.97 Å². The molecule has 0 radical (unpaired) electrons. The lowest BCUT2D eigenvalue weighted by Gasteiger charge is -2.24. The molecule has 0 aliphatic heterocycles. The van der Waals surface area contributed by atoms with Crippen LogP contribution in [0.15, 0.2) is 30.4 Å². The predicted molar refractivity (Wildman–Crippen MR) is 80.4 cm³/mol. The fourth-order valence-corrected chi connectivity index (χ4v) is 3.68. The molecule has 2 bridgehead atoms. The second-order valence-electron chi connectivity index (χ2n) is 5.43. The number of carboxylic acids is 1. The van der Waals surface area contributed by atoms with Gasteiger partial charge < -0.3 is 10.4 Å². The Kier molecular flexibility index (Phi) is 3.68. The minimum Gasteiger partial charge on any atom is -0.481 e. The van der Waals surface area contributed by atoms with Gasteiger partial charge in [0.25, 0.3) is 0 Å². The van der Waals surface area contributed by atoms with E-state index in [1.165, 1.54) is 0 Å². The lowest BCUT2D eigenvalue weighted by atomic mass is 9.82. The summed E-state index contributed by atoms with van der Waals surface area (Å²) < 4.78 is 0. The van der Waals surface area contributed by atoms with Crippen LogP contribution >= 0.6 is 23.2 Å². The first-order valence-electron chi connectivity index (χ1n) is 6.65. The third-order valence-corrected chi connectivity index (χ3v) is 5.08. The topological polar surface area (TPSA) is 66.4 Å². The van der Waals surface area contributed by atoms with Gasteiger partial charge in [0.15, 0.2) is 0 Å². The number of fused-ring (bicyclic) bond motifs is 2. The fraction of sp³-hybridized carbons (Fsp3) is 0.333. The van der Waals surface area contributed by atoms with E-state index in [-0.39, 0.29) is 22.8 Å². The van der Waals surface area contributed by atoms with Crippen molar-refractivity contribution < 1.29 is 14.7 Å². The zero-order valence-corrected chi connectivity index (χ0v) is 12.4. The Morgan fingerprint density at radius 1 is 1.14 bits per heavy atom. The molecule has 0 saturated heterocycles. The molecule has 2 aliphatic carbocycles. The van der Waals surface area contributed by atoms with Crippen LogP contribution < -0.4 is 5.32 Å². The highest BCUT2D eigenvalue weighted by atomic mass is 35.5. The van der Waals surface area contributed by atoms with Crippen LogP contribution in [0, 0.1) is 23.7 Å². The molecule has 6 heteroatoms. The van der Waals surface area contributed by atoms with E-state index in [9.17, 15) is 14.7 Å². The number of carbonyl (C=O) groups excluding carboxylic acids is 1. The van der Waals surface area contributed by atoms with Crippen molar-refractivity contribution in [1.82, 2.24) is 0 Å². The number of carboxylic acid groups (broad SMARTS) is 1. The van der Waals surface area contributed by atoms with Crippen LogP contribution in [0.1, 0.15) is 6.42 Å². The van der Waals surface area contributed by atoms with Crippen LogP contribution in [0.2, 0.25) is 10.0 Å².